The Hall–Kier alpha value is -1.75. The van der Waals surface area contributed by atoms with Gasteiger partial charge in [0.25, 0.3) is 0 Å². The van der Waals surface area contributed by atoms with Crippen molar-refractivity contribution >= 4 is 16.5 Å². The minimum absolute atomic E-state index is 0.226. The molecule has 0 aliphatic rings. The number of nitrogens with zero attached hydrogens (tertiary/aromatic N) is 1. The van der Waals surface area contributed by atoms with E-state index in [1.807, 2.05) is 0 Å². The molecule has 2 rings (SSSR count). The molecule has 0 atom stereocenters. The van der Waals surface area contributed by atoms with E-state index in [0.29, 0.717) is 17.5 Å². The molecule has 5 heteroatoms. The molecule has 1 aromatic carbocycles. The van der Waals surface area contributed by atoms with Crippen LogP contribution in [0.1, 0.15) is 4.88 Å². The molecule has 3 N–H and O–H groups in total. The summed E-state index contributed by atoms with van der Waals surface area (Å²) in [6, 6.07) is 6.58. The molecular weight excluding hydrogens is 212 g/mol. The minimum Gasteiger partial charge on any atom is -0.508 e. The molecule has 0 radical (unpaired) electrons. The molecule has 78 valence electrons. The van der Waals surface area contributed by atoms with Gasteiger partial charge in [0.2, 0.25) is 0 Å². The summed E-state index contributed by atoms with van der Waals surface area (Å²) in [5, 5.41) is 9.61. The first-order valence-electron chi connectivity index (χ1n) is 4.36. The summed E-state index contributed by atoms with van der Waals surface area (Å²) in [4.78, 5) is 4.89. The molecule has 4 nitrogen and oxygen atoms in total. The number of aromatic hydroxyl groups is 1. The normalized spacial score (nSPS) is 10.1. The molecule has 1 heterocycles. The maximum absolute atomic E-state index is 9.07. The zero-order valence-corrected chi connectivity index (χ0v) is 8.70. The lowest BCUT2D eigenvalue weighted by Crippen LogP contribution is -1.91. The van der Waals surface area contributed by atoms with Crippen LogP contribution in [0.3, 0.4) is 0 Å². The summed E-state index contributed by atoms with van der Waals surface area (Å²) in [6.07, 6.45) is 1.69. The largest absolute Gasteiger partial charge is 0.508 e. The van der Waals surface area contributed by atoms with Crippen LogP contribution in [0.5, 0.6) is 11.5 Å². The van der Waals surface area contributed by atoms with Gasteiger partial charge < -0.3 is 15.6 Å². The van der Waals surface area contributed by atoms with Crippen LogP contribution < -0.4 is 10.5 Å². The Morgan fingerprint density at radius 2 is 2.07 bits per heavy atom. The first-order chi connectivity index (χ1) is 7.24. The fraction of sp³-hybridized carbons (Fsp3) is 0.100. The number of hydrogen-bond acceptors (Lipinski definition) is 5. The highest BCUT2D eigenvalue weighted by Gasteiger charge is 2.00. The van der Waals surface area contributed by atoms with Gasteiger partial charge >= 0.3 is 0 Å². The van der Waals surface area contributed by atoms with Crippen LogP contribution in [0.2, 0.25) is 0 Å². The number of benzene rings is 1. The van der Waals surface area contributed by atoms with E-state index in [1.165, 1.54) is 11.3 Å². The quantitative estimate of drug-likeness (QED) is 0.833. The average Bonchev–Trinajstić information content (AvgIpc) is 2.64. The second kappa shape index (κ2) is 4.18. The minimum atomic E-state index is 0.226. The van der Waals surface area contributed by atoms with E-state index in [-0.39, 0.29) is 5.75 Å². The molecule has 0 fully saturated rings. The van der Waals surface area contributed by atoms with Crippen molar-refractivity contribution in [2.24, 2.45) is 0 Å². The van der Waals surface area contributed by atoms with Crippen LogP contribution in [0.15, 0.2) is 30.5 Å². The maximum Gasteiger partial charge on any atom is 0.180 e. The van der Waals surface area contributed by atoms with Crippen molar-refractivity contribution < 1.29 is 9.84 Å². The number of aromatic nitrogens is 1. The zero-order chi connectivity index (χ0) is 10.7. The van der Waals surface area contributed by atoms with Crippen LogP contribution in [-0.4, -0.2) is 10.1 Å². The topological polar surface area (TPSA) is 68.4 Å². The smallest absolute Gasteiger partial charge is 0.180 e. The van der Waals surface area contributed by atoms with Gasteiger partial charge in [0.15, 0.2) is 5.13 Å². The Labute approximate surface area is 91.0 Å². The Bertz CT molecular complexity index is 439. The maximum atomic E-state index is 9.07. The van der Waals surface area contributed by atoms with Crippen molar-refractivity contribution in [1.29, 1.82) is 0 Å². The molecule has 1 aromatic heterocycles. The number of phenols is 1. The van der Waals surface area contributed by atoms with Gasteiger partial charge in [0, 0.05) is 6.20 Å². The third-order valence-corrected chi connectivity index (χ3v) is 2.59. The third kappa shape index (κ3) is 2.60. The van der Waals surface area contributed by atoms with E-state index in [9.17, 15) is 0 Å². The van der Waals surface area contributed by atoms with Gasteiger partial charge in [-0.2, -0.15) is 0 Å². The highest BCUT2D eigenvalue weighted by atomic mass is 32.1. The summed E-state index contributed by atoms with van der Waals surface area (Å²) >= 11 is 1.40. The number of thiazole rings is 1. The molecule has 2 aromatic rings. The van der Waals surface area contributed by atoms with Crippen LogP contribution in [0.25, 0.3) is 0 Å². The number of hydrogen-bond donors (Lipinski definition) is 2. The van der Waals surface area contributed by atoms with Crippen molar-refractivity contribution in [3.8, 4) is 11.5 Å². The lowest BCUT2D eigenvalue weighted by atomic mass is 10.3. The summed E-state index contributed by atoms with van der Waals surface area (Å²) in [7, 11) is 0. The molecule has 0 unspecified atom stereocenters. The molecule has 0 saturated heterocycles. The van der Waals surface area contributed by atoms with E-state index < -0.39 is 0 Å². The first-order valence-corrected chi connectivity index (χ1v) is 5.18. The summed E-state index contributed by atoms with van der Waals surface area (Å²) < 4.78 is 5.46. The van der Waals surface area contributed by atoms with Gasteiger partial charge in [-0.3, -0.25) is 0 Å². The van der Waals surface area contributed by atoms with Gasteiger partial charge in [-0.25, -0.2) is 4.98 Å². The van der Waals surface area contributed by atoms with Gasteiger partial charge in [-0.1, -0.05) is 11.3 Å². The zero-order valence-electron chi connectivity index (χ0n) is 7.88. The van der Waals surface area contributed by atoms with E-state index in [1.54, 1.807) is 30.5 Å². The third-order valence-electron chi connectivity index (χ3n) is 1.79. The summed E-state index contributed by atoms with van der Waals surface area (Å²) in [5.74, 6) is 0.934. The van der Waals surface area contributed by atoms with Crippen molar-refractivity contribution in [3.05, 3.63) is 35.3 Å². The number of nitrogen functional groups attached to an aromatic ring is 1. The van der Waals surface area contributed by atoms with E-state index >= 15 is 0 Å². The van der Waals surface area contributed by atoms with E-state index in [2.05, 4.69) is 4.98 Å². The van der Waals surface area contributed by atoms with Crippen molar-refractivity contribution in [2.45, 2.75) is 6.61 Å². The fourth-order valence-corrected chi connectivity index (χ4v) is 1.68. The Balaban J connectivity index is 1.96. The monoisotopic (exact) mass is 222 g/mol. The second-order valence-corrected chi connectivity index (χ2v) is 4.09. The molecule has 0 spiro atoms. The van der Waals surface area contributed by atoms with Gasteiger partial charge in [-0.05, 0) is 24.3 Å². The first kappa shape index (κ1) is 9.79. The number of phenolic OH excluding ortho intramolecular Hbond substituents is 1. The SMILES string of the molecule is Nc1ncc(COc2ccc(O)cc2)s1. The summed E-state index contributed by atoms with van der Waals surface area (Å²) in [5.41, 5.74) is 5.49. The van der Waals surface area contributed by atoms with Gasteiger partial charge in [0.1, 0.15) is 18.1 Å². The second-order valence-electron chi connectivity index (χ2n) is 2.95. The number of nitrogens with two attached hydrogens (primary N) is 1. The molecule has 0 saturated carbocycles. The van der Waals surface area contributed by atoms with Crippen LogP contribution in [0, 0.1) is 0 Å². The molecule has 0 bridgehead atoms. The molecule has 0 amide bonds. The number of rotatable bonds is 3. The van der Waals surface area contributed by atoms with Crippen molar-refractivity contribution in [1.82, 2.24) is 4.98 Å². The molecule has 0 aliphatic carbocycles. The highest BCUT2D eigenvalue weighted by molar-refractivity contribution is 7.15. The predicted octanol–water partition coefficient (Wildman–Crippen LogP) is 2.01. The molecule has 15 heavy (non-hydrogen) atoms. The molecule has 0 aliphatic heterocycles. The Morgan fingerprint density at radius 3 is 2.67 bits per heavy atom. The predicted molar refractivity (Wildman–Crippen MR) is 59.0 cm³/mol. The highest BCUT2D eigenvalue weighted by Crippen LogP contribution is 2.19. The van der Waals surface area contributed by atoms with Gasteiger partial charge in [0.05, 0.1) is 4.88 Å². The van der Waals surface area contributed by atoms with Crippen LogP contribution in [0.4, 0.5) is 5.13 Å². The van der Waals surface area contributed by atoms with Crippen LogP contribution in [-0.2, 0) is 6.61 Å². The van der Waals surface area contributed by atoms with Crippen LogP contribution >= 0.6 is 11.3 Å². The fourth-order valence-electron chi connectivity index (χ4n) is 1.09. The lowest BCUT2D eigenvalue weighted by molar-refractivity contribution is 0.309. The standard InChI is InChI=1S/C10H10N2O2S/c11-10-12-5-9(15-10)6-14-8-3-1-7(13)2-4-8/h1-5,13H,6H2,(H2,11,12). The van der Waals surface area contributed by atoms with Gasteiger partial charge in [-0.15, -0.1) is 0 Å². The Kier molecular flexibility index (Phi) is 2.73. The summed E-state index contributed by atoms with van der Waals surface area (Å²) in [6.45, 7) is 0.444. The van der Waals surface area contributed by atoms with E-state index in [0.717, 1.165) is 4.88 Å². The number of ether oxygens (including phenoxy) is 1. The van der Waals surface area contributed by atoms with E-state index in [4.69, 9.17) is 15.6 Å². The molecular formula is C10H10N2O2S. The Morgan fingerprint density at radius 1 is 1.33 bits per heavy atom. The average molecular weight is 222 g/mol. The van der Waals surface area contributed by atoms with Crippen molar-refractivity contribution in [2.75, 3.05) is 5.73 Å². The van der Waals surface area contributed by atoms with Crippen molar-refractivity contribution in [3.63, 3.8) is 0 Å². The number of anilines is 1. The lowest BCUT2D eigenvalue weighted by Gasteiger charge is -2.03.